The van der Waals surface area contributed by atoms with Gasteiger partial charge < -0.3 is 10.8 Å². The summed E-state index contributed by atoms with van der Waals surface area (Å²) in [6, 6.07) is 11.3. The molecule has 0 bridgehead atoms. The second-order valence-electron chi connectivity index (χ2n) is 5.58. The minimum absolute atomic E-state index is 0.0277. The van der Waals surface area contributed by atoms with Gasteiger partial charge in [-0.25, -0.2) is 17.5 Å². The number of amides is 1. The molecule has 4 N–H and O–H groups in total. The molecule has 2 rings (SSSR count). The van der Waals surface area contributed by atoms with E-state index in [2.05, 4.69) is 4.72 Å². The topological polar surface area (TPSA) is 109 Å². The van der Waals surface area contributed by atoms with Crippen molar-refractivity contribution in [3.8, 4) is 0 Å². The molecule has 1 amide bonds. The van der Waals surface area contributed by atoms with Crippen LogP contribution in [-0.2, 0) is 16.4 Å². The lowest BCUT2D eigenvalue weighted by atomic mass is 10.00. The van der Waals surface area contributed by atoms with Crippen LogP contribution in [0.3, 0.4) is 0 Å². The predicted molar refractivity (Wildman–Crippen MR) is 90.8 cm³/mol. The quantitative estimate of drug-likeness (QED) is 0.649. The van der Waals surface area contributed by atoms with Crippen LogP contribution in [0.5, 0.6) is 0 Å². The molecule has 0 spiro atoms. The van der Waals surface area contributed by atoms with E-state index >= 15 is 0 Å². The van der Waals surface area contributed by atoms with Crippen LogP contribution in [0.15, 0.2) is 53.4 Å². The molecule has 0 aromatic heterocycles. The number of rotatable bonds is 8. The molecule has 134 valence electrons. The molecule has 0 aliphatic heterocycles. The Bertz CT molecular complexity index is 838. The van der Waals surface area contributed by atoms with E-state index in [-0.39, 0.29) is 30.0 Å². The molecule has 2 aromatic rings. The van der Waals surface area contributed by atoms with E-state index in [1.807, 2.05) is 0 Å². The molecule has 0 radical (unpaired) electrons. The Hall–Kier alpha value is -2.29. The minimum Gasteiger partial charge on any atom is -0.396 e. The maximum Gasteiger partial charge on any atom is 0.248 e. The normalized spacial score (nSPS) is 12.7. The number of nitrogens with one attached hydrogen (secondary N) is 1. The summed E-state index contributed by atoms with van der Waals surface area (Å²) < 4.78 is 40.6. The van der Waals surface area contributed by atoms with Crippen molar-refractivity contribution in [2.45, 2.75) is 11.3 Å². The van der Waals surface area contributed by atoms with Crippen LogP contribution in [-0.4, -0.2) is 32.6 Å². The smallest absolute Gasteiger partial charge is 0.248 e. The molecule has 0 saturated heterocycles. The zero-order valence-corrected chi connectivity index (χ0v) is 14.2. The Morgan fingerprint density at radius 2 is 1.80 bits per heavy atom. The fourth-order valence-electron chi connectivity index (χ4n) is 2.29. The summed E-state index contributed by atoms with van der Waals surface area (Å²) in [6.07, 6.45) is 0.201. The van der Waals surface area contributed by atoms with Gasteiger partial charge in [0.1, 0.15) is 5.82 Å². The average Bonchev–Trinajstić information content (AvgIpc) is 2.60. The van der Waals surface area contributed by atoms with Crippen molar-refractivity contribution in [2.24, 2.45) is 11.7 Å². The molecule has 25 heavy (non-hydrogen) atoms. The van der Waals surface area contributed by atoms with Gasteiger partial charge in [0.2, 0.25) is 15.9 Å². The first-order valence-corrected chi connectivity index (χ1v) is 9.05. The van der Waals surface area contributed by atoms with Gasteiger partial charge in [0.25, 0.3) is 0 Å². The number of carbonyl (C=O) groups excluding carboxylic acids is 1. The Kier molecular flexibility index (Phi) is 6.24. The Balaban J connectivity index is 2.04. The van der Waals surface area contributed by atoms with E-state index in [0.717, 1.165) is 0 Å². The summed E-state index contributed by atoms with van der Waals surface area (Å²) in [7, 11) is -3.82. The highest BCUT2D eigenvalue weighted by atomic mass is 32.2. The van der Waals surface area contributed by atoms with Crippen molar-refractivity contribution in [1.29, 1.82) is 0 Å². The molecule has 1 unspecified atom stereocenters. The standard InChI is InChI=1S/C17H19FN2O4S/c18-16-4-2-1-3-14(16)9-12(11-21)10-20-25(23,24)15-7-5-13(6-8-15)17(19)22/h1-8,12,20-21H,9-11H2,(H2,19,22). The minimum atomic E-state index is -3.82. The SMILES string of the molecule is NC(=O)c1ccc(S(=O)(=O)NCC(CO)Cc2ccccc2F)cc1. The second-order valence-corrected chi connectivity index (χ2v) is 7.35. The maximum atomic E-state index is 13.7. The first-order chi connectivity index (χ1) is 11.8. The molecule has 0 saturated carbocycles. The Morgan fingerprint density at radius 3 is 2.36 bits per heavy atom. The van der Waals surface area contributed by atoms with Gasteiger partial charge in [-0.15, -0.1) is 0 Å². The third-order valence-corrected chi connectivity index (χ3v) is 5.18. The van der Waals surface area contributed by atoms with Gasteiger partial charge in [-0.3, -0.25) is 4.79 Å². The van der Waals surface area contributed by atoms with E-state index in [4.69, 9.17) is 5.73 Å². The second kappa shape index (κ2) is 8.19. The van der Waals surface area contributed by atoms with Crippen LogP contribution in [0.4, 0.5) is 4.39 Å². The molecule has 2 aromatic carbocycles. The number of aliphatic hydroxyl groups excluding tert-OH is 1. The van der Waals surface area contributed by atoms with Crippen LogP contribution in [0.25, 0.3) is 0 Å². The van der Waals surface area contributed by atoms with E-state index < -0.39 is 27.7 Å². The van der Waals surface area contributed by atoms with E-state index in [9.17, 15) is 22.7 Å². The lowest BCUT2D eigenvalue weighted by molar-refractivity contribution is 0.1000. The number of hydrogen-bond donors (Lipinski definition) is 3. The van der Waals surface area contributed by atoms with Crippen molar-refractivity contribution in [3.05, 3.63) is 65.5 Å². The monoisotopic (exact) mass is 366 g/mol. The van der Waals surface area contributed by atoms with E-state index in [1.165, 1.54) is 30.3 Å². The average molecular weight is 366 g/mol. The van der Waals surface area contributed by atoms with Gasteiger partial charge in [0.15, 0.2) is 0 Å². The van der Waals surface area contributed by atoms with Crippen molar-refractivity contribution >= 4 is 15.9 Å². The van der Waals surface area contributed by atoms with Crippen LogP contribution in [0.2, 0.25) is 0 Å². The number of primary amides is 1. The van der Waals surface area contributed by atoms with Crippen LogP contribution in [0, 0.1) is 11.7 Å². The third-order valence-electron chi connectivity index (χ3n) is 3.74. The van der Waals surface area contributed by atoms with Crippen molar-refractivity contribution in [3.63, 3.8) is 0 Å². The van der Waals surface area contributed by atoms with Gasteiger partial charge >= 0.3 is 0 Å². The summed E-state index contributed by atoms with van der Waals surface area (Å²) in [5.41, 5.74) is 5.72. The number of hydrogen-bond acceptors (Lipinski definition) is 4. The largest absolute Gasteiger partial charge is 0.396 e. The summed E-state index contributed by atoms with van der Waals surface area (Å²) in [5.74, 6) is -1.52. The number of sulfonamides is 1. The molecular weight excluding hydrogens is 347 g/mol. The summed E-state index contributed by atoms with van der Waals surface area (Å²) in [5, 5.41) is 9.43. The number of nitrogens with two attached hydrogens (primary N) is 1. The molecule has 0 heterocycles. The zero-order chi connectivity index (χ0) is 18.4. The first kappa shape index (κ1) is 19.0. The third kappa shape index (κ3) is 5.09. The van der Waals surface area contributed by atoms with Gasteiger partial charge in [-0.05, 0) is 48.2 Å². The highest BCUT2D eigenvalue weighted by Crippen LogP contribution is 2.14. The summed E-state index contributed by atoms with van der Waals surface area (Å²) >= 11 is 0. The maximum absolute atomic E-state index is 13.7. The number of halogens is 1. The molecule has 8 heteroatoms. The van der Waals surface area contributed by atoms with Crippen LogP contribution < -0.4 is 10.5 Å². The highest BCUT2D eigenvalue weighted by Gasteiger charge is 2.18. The molecule has 0 fully saturated rings. The molecule has 0 aliphatic carbocycles. The molecule has 1 atom stereocenters. The zero-order valence-electron chi connectivity index (χ0n) is 13.4. The van der Waals surface area contributed by atoms with E-state index in [0.29, 0.717) is 5.56 Å². The van der Waals surface area contributed by atoms with Crippen LogP contribution >= 0.6 is 0 Å². The number of aliphatic hydroxyl groups is 1. The molecule has 0 aliphatic rings. The predicted octanol–water partition coefficient (Wildman–Crippen LogP) is 1.05. The number of benzene rings is 2. The fourth-order valence-corrected chi connectivity index (χ4v) is 3.40. The van der Waals surface area contributed by atoms with Crippen molar-refractivity contribution < 1.29 is 22.7 Å². The fraction of sp³-hybridized carbons (Fsp3) is 0.235. The lowest BCUT2D eigenvalue weighted by Gasteiger charge is -2.16. The van der Waals surface area contributed by atoms with Crippen LogP contribution in [0.1, 0.15) is 15.9 Å². The molecular formula is C17H19FN2O4S. The van der Waals surface area contributed by atoms with Gasteiger partial charge in [0.05, 0.1) is 4.90 Å². The number of carbonyl (C=O) groups is 1. The summed E-state index contributed by atoms with van der Waals surface area (Å²) in [4.78, 5) is 11.0. The van der Waals surface area contributed by atoms with Gasteiger partial charge in [-0.2, -0.15) is 0 Å². The Morgan fingerprint density at radius 1 is 1.16 bits per heavy atom. The first-order valence-electron chi connectivity index (χ1n) is 7.57. The van der Waals surface area contributed by atoms with Gasteiger partial charge in [0, 0.05) is 18.7 Å². The summed E-state index contributed by atoms with van der Waals surface area (Å²) in [6.45, 7) is -0.345. The van der Waals surface area contributed by atoms with E-state index in [1.54, 1.807) is 18.2 Å². The van der Waals surface area contributed by atoms with Gasteiger partial charge in [-0.1, -0.05) is 18.2 Å². The van der Waals surface area contributed by atoms with Crippen molar-refractivity contribution in [1.82, 2.24) is 4.72 Å². The lowest BCUT2D eigenvalue weighted by Crippen LogP contribution is -2.32. The van der Waals surface area contributed by atoms with Crippen molar-refractivity contribution in [2.75, 3.05) is 13.2 Å². The highest BCUT2D eigenvalue weighted by molar-refractivity contribution is 7.89. The molecule has 6 nitrogen and oxygen atoms in total. The Labute approximate surface area is 145 Å².